The molecular weight excluding hydrogens is 192 g/mol. The first-order valence-electron chi connectivity index (χ1n) is 3.67. The highest BCUT2D eigenvalue weighted by molar-refractivity contribution is 7.79. The van der Waals surface area contributed by atoms with E-state index in [0.29, 0.717) is 0 Å². The zero-order valence-corrected chi connectivity index (χ0v) is 7.62. The summed E-state index contributed by atoms with van der Waals surface area (Å²) in [4.78, 5) is 0.107. The van der Waals surface area contributed by atoms with E-state index in [4.69, 9.17) is 9.84 Å². The fraction of sp³-hybridized carbons (Fsp3) is 0.250. The molecule has 0 amide bonds. The number of hydrogen-bond acceptors (Lipinski definition) is 4. The highest BCUT2D eigenvalue weighted by atomic mass is 32.2. The van der Waals surface area contributed by atoms with Crippen LogP contribution in [-0.2, 0) is 11.1 Å². The van der Waals surface area contributed by atoms with Crippen LogP contribution in [-0.4, -0.2) is 27.1 Å². The molecule has 0 aromatic heterocycles. The fourth-order valence-electron chi connectivity index (χ4n) is 0.863. The van der Waals surface area contributed by atoms with Gasteiger partial charge in [0.2, 0.25) is 0 Å². The van der Waals surface area contributed by atoms with Gasteiger partial charge in [-0.1, -0.05) is 12.1 Å². The molecule has 0 radical (unpaired) electrons. The minimum Gasteiger partial charge on any atom is -0.768 e. The lowest BCUT2D eigenvalue weighted by Gasteiger charge is -2.11. The van der Waals surface area contributed by atoms with Crippen LogP contribution in [0.1, 0.15) is 0 Å². The maximum Gasteiger partial charge on any atom is 0.134 e. The Balaban J connectivity index is 2.84. The first-order chi connectivity index (χ1) is 6.25. The Bertz CT molecular complexity index is 300. The summed E-state index contributed by atoms with van der Waals surface area (Å²) in [6.45, 7) is -0.0476. The topological polar surface area (TPSA) is 69.6 Å². The van der Waals surface area contributed by atoms with Crippen LogP contribution in [0.2, 0.25) is 0 Å². The third-order valence-corrected chi connectivity index (χ3v) is 2.07. The molecule has 0 aliphatic rings. The van der Waals surface area contributed by atoms with E-state index in [1.807, 2.05) is 0 Å². The standard InChI is InChI=1S/C8H10O4S/c9-5-6-12-7-3-1-2-4-8(7)13(10)11/h1-4,9H,5-6H2,(H,10,11)/p-1. The lowest BCUT2D eigenvalue weighted by atomic mass is 10.3. The van der Waals surface area contributed by atoms with Crippen molar-refractivity contribution < 1.29 is 18.6 Å². The van der Waals surface area contributed by atoms with Gasteiger partial charge in [0.05, 0.1) is 11.5 Å². The zero-order valence-electron chi connectivity index (χ0n) is 6.80. The molecule has 0 heterocycles. The highest BCUT2D eigenvalue weighted by Gasteiger charge is 2.01. The van der Waals surface area contributed by atoms with Gasteiger partial charge in [0.25, 0.3) is 0 Å². The molecule has 72 valence electrons. The van der Waals surface area contributed by atoms with Crippen LogP contribution in [0.3, 0.4) is 0 Å². The molecule has 13 heavy (non-hydrogen) atoms. The predicted octanol–water partition coefficient (Wildman–Crippen LogP) is 0.296. The number of benzene rings is 1. The summed E-state index contributed by atoms with van der Waals surface area (Å²) in [5.41, 5.74) is 0. The largest absolute Gasteiger partial charge is 0.768 e. The first kappa shape index (κ1) is 10.2. The Morgan fingerprint density at radius 2 is 2.15 bits per heavy atom. The second-order valence-corrected chi connectivity index (χ2v) is 3.16. The van der Waals surface area contributed by atoms with E-state index < -0.39 is 11.1 Å². The summed E-state index contributed by atoms with van der Waals surface area (Å²) >= 11 is -2.30. The van der Waals surface area contributed by atoms with Crippen molar-refractivity contribution in [1.29, 1.82) is 0 Å². The molecule has 1 aromatic rings. The molecule has 0 spiro atoms. The van der Waals surface area contributed by atoms with Gasteiger partial charge < -0.3 is 14.4 Å². The fourth-order valence-corrected chi connectivity index (χ4v) is 1.34. The summed E-state index contributed by atoms with van der Waals surface area (Å²) in [6.07, 6.45) is 0. The van der Waals surface area contributed by atoms with Crippen LogP contribution in [0.15, 0.2) is 29.2 Å². The Labute approximate surface area is 78.4 Å². The maximum atomic E-state index is 10.6. The van der Waals surface area contributed by atoms with Crippen LogP contribution in [0.4, 0.5) is 0 Å². The molecule has 1 rings (SSSR count). The van der Waals surface area contributed by atoms with Crippen LogP contribution in [0.25, 0.3) is 0 Å². The summed E-state index contributed by atoms with van der Waals surface area (Å²) in [7, 11) is 0. The first-order valence-corrected chi connectivity index (χ1v) is 4.75. The molecule has 0 saturated heterocycles. The molecule has 4 nitrogen and oxygen atoms in total. The molecule has 1 atom stereocenters. The molecule has 0 bridgehead atoms. The zero-order chi connectivity index (χ0) is 9.68. The lowest BCUT2D eigenvalue weighted by molar-refractivity contribution is 0.198. The Morgan fingerprint density at radius 3 is 2.77 bits per heavy atom. The van der Waals surface area contributed by atoms with E-state index in [9.17, 15) is 8.76 Å². The van der Waals surface area contributed by atoms with E-state index in [1.54, 1.807) is 18.2 Å². The average Bonchev–Trinajstić information content (AvgIpc) is 2.15. The Kier molecular flexibility index (Phi) is 3.88. The number of hydrogen-bond donors (Lipinski definition) is 1. The van der Waals surface area contributed by atoms with Gasteiger partial charge in [0.1, 0.15) is 12.4 Å². The summed E-state index contributed by atoms with van der Waals surface area (Å²) in [5, 5.41) is 8.48. The van der Waals surface area contributed by atoms with Gasteiger partial charge in [-0.25, -0.2) is 0 Å². The van der Waals surface area contributed by atoms with Crippen molar-refractivity contribution in [3.63, 3.8) is 0 Å². The Hall–Kier alpha value is -0.910. The molecule has 0 aliphatic heterocycles. The molecule has 1 N–H and O–H groups in total. The van der Waals surface area contributed by atoms with Gasteiger partial charge in [0, 0.05) is 0 Å². The number of aliphatic hydroxyl groups is 1. The minimum absolute atomic E-state index is 0.0915. The van der Waals surface area contributed by atoms with Gasteiger partial charge in [0.15, 0.2) is 0 Å². The highest BCUT2D eigenvalue weighted by Crippen LogP contribution is 2.20. The predicted molar refractivity (Wildman–Crippen MR) is 46.2 cm³/mol. The second kappa shape index (κ2) is 4.96. The molecule has 0 saturated carbocycles. The van der Waals surface area contributed by atoms with Crippen molar-refractivity contribution in [2.45, 2.75) is 4.90 Å². The third-order valence-electron chi connectivity index (χ3n) is 1.38. The van der Waals surface area contributed by atoms with E-state index in [0.717, 1.165) is 0 Å². The minimum atomic E-state index is -2.30. The van der Waals surface area contributed by atoms with E-state index in [-0.39, 0.29) is 23.9 Å². The lowest BCUT2D eigenvalue weighted by Crippen LogP contribution is -2.04. The number of ether oxygens (including phenoxy) is 1. The van der Waals surface area contributed by atoms with E-state index >= 15 is 0 Å². The summed E-state index contributed by atoms with van der Waals surface area (Å²) in [5.74, 6) is 0.268. The van der Waals surface area contributed by atoms with Crippen molar-refractivity contribution in [2.75, 3.05) is 13.2 Å². The number of aliphatic hydroxyl groups excluding tert-OH is 1. The Morgan fingerprint density at radius 1 is 1.46 bits per heavy atom. The SMILES string of the molecule is O=S([O-])c1ccccc1OCCO. The van der Waals surface area contributed by atoms with Gasteiger partial charge in [-0.15, -0.1) is 0 Å². The van der Waals surface area contributed by atoms with Crippen molar-refractivity contribution in [1.82, 2.24) is 0 Å². The third kappa shape index (κ3) is 2.80. The molecule has 0 aliphatic carbocycles. The summed E-state index contributed by atoms with van der Waals surface area (Å²) < 4.78 is 26.3. The molecule has 5 heteroatoms. The second-order valence-electron chi connectivity index (χ2n) is 2.25. The maximum absolute atomic E-state index is 10.6. The van der Waals surface area contributed by atoms with Gasteiger partial charge >= 0.3 is 0 Å². The van der Waals surface area contributed by atoms with Crippen molar-refractivity contribution in [3.05, 3.63) is 24.3 Å². The van der Waals surface area contributed by atoms with Gasteiger partial charge in [-0.2, -0.15) is 0 Å². The smallest absolute Gasteiger partial charge is 0.134 e. The van der Waals surface area contributed by atoms with Crippen molar-refractivity contribution in [2.24, 2.45) is 0 Å². The number of para-hydroxylation sites is 1. The van der Waals surface area contributed by atoms with Crippen LogP contribution in [0, 0.1) is 0 Å². The molecule has 0 fully saturated rings. The van der Waals surface area contributed by atoms with Crippen LogP contribution >= 0.6 is 0 Å². The molecule has 1 unspecified atom stereocenters. The normalized spacial score (nSPS) is 12.5. The van der Waals surface area contributed by atoms with Crippen LogP contribution in [0.5, 0.6) is 5.75 Å². The van der Waals surface area contributed by atoms with E-state index in [1.165, 1.54) is 6.07 Å². The van der Waals surface area contributed by atoms with Gasteiger partial charge in [-0.05, 0) is 23.2 Å². The molecular formula is C8H9O4S-. The van der Waals surface area contributed by atoms with Gasteiger partial charge in [-0.3, -0.25) is 4.21 Å². The van der Waals surface area contributed by atoms with Crippen molar-refractivity contribution in [3.8, 4) is 5.75 Å². The van der Waals surface area contributed by atoms with Crippen molar-refractivity contribution >= 4 is 11.1 Å². The van der Waals surface area contributed by atoms with Crippen LogP contribution < -0.4 is 4.74 Å². The summed E-state index contributed by atoms with van der Waals surface area (Å²) in [6, 6.07) is 6.26. The number of rotatable bonds is 4. The average molecular weight is 201 g/mol. The molecule has 1 aromatic carbocycles. The monoisotopic (exact) mass is 201 g/mol. The van der Waals surface area contributed by atoms with E-state index in [2.05, 4.69) is 0 Å². The quantitative estimate of drug-likeness (QED) is 0.711.